The number of nitrogens with zero attached hydrogens (tertiary/aromatic N) is 2. The molecule has 0 bridgehead atoms. The number of rotatable bonds is 2. The second kappa shape index (κ2) is 5.13. The summed E-state index contributed by atoms with van der Waals surface area (Å²) in [4.78, 5) is 20.3. The standard InChI is InChI=1S/C10H14IN3O2/c11-8-9(12-6-13-10(8)16)14-3-1-7(5-15)2-4-14/h6-7,15H,1-5H2,(H,12,13,16). The molecular weight excluding hydrogens is 321 g/mol. The van der Waals surface area contributed by atoms with E-state index in [-0.39, 0.29) is 12.2 Å². The Morgan fingerprint density at radius 3 is 2.88 bits per heavy atom. The maximum Gasteiger partial charge on any atom is 0.266 e. The smallest absolute Gasteiger partial charge is 0.266 e. The Kier molecular flexibility index (Phi) is 3.80. The van der Waals surface area contributed by atoms with E-state index in [1.165, 1.54) is 6.33 Å². The van der Waals surface area contributed by atoms with E-state index in [2.05, 4.69) is 14.9 Å². The topological polar surface area (TPSA) is 69.2 Å². The molecular formula is C10H14IN3O2. The van der Waals surface area contributed by atoms with Gasteiger partial charge in [-0.1, -0.05) is 0 Å². The molecule has 0 unspecified atom stereocenters. The van der Waals surface area contributed by atoms with E-state index >= 15 is 0 Å². The molecule has 1 aliphatic rings. The maximum atomic E-state index is 11.4. The van der Waals surface area contributed by atoms with E-state index in [0.717, 1.165) is 31.7 Å². The Labute approximate surface area is 107 Å². The predicted octanol–water partition coefficient (Wildman–Crippen LogP) is 0.583. The highest BCUT2D eigenvalue weighted by atomic mass is 127. The molecule has 2 heterocycles. The van der Waals surface area contributed by atoms with E-state index in [0.29, 0.717) is 9.49 Å². The molecule has 0 aliphatic carbocycles. The molecule has 2 rings (SSSR count). The number of hydrogen-bond donors (Lipinski definition) is 2. The summed E-state index contributed by atoms with van der Waals surface area (Å²) in [5.74, 6) is 1.16. The molecule has 2 N–H and O–H groups in total. The molecule has 16 heavy (non-hydrogen) atoms. The lowest BCUT2D eigenvalue weighted by atomic mass is 9.98. The lowest BCUT2D eigenvalue weighted by Gasteiger charge is -2.32. The summed E-state index contributed by atoms with van der Waals surface area (Å²) in [7, 11) is 0. The van der Waals surface area contributed by atoms with Crippen molar-refractivity contribution in [3.63, 3.8) is 0 Å². The van der Waals surface area contributed by atoms with Gasteiger partial charge in [0.1, 0.15) is 9.39 Å². The second-order valence-corrected chi connectivity index (χ2v) is 5.06. The van der Waals surface area contributed by atoms with Gasteiger partial charge in [0, 0.05) is 19.7 Å². The zero-order chi connectivity index (χ0) is 11.5. The summed E-state index contributed by atoms with van der Waals surface area (Å²) >= 11 is 2.02. The van der Waals surface area contributed by atoms with Crippen LogP contribution in [0, 0.1) is 9.49 Å². The van der Waals surface area contributed by atoms with E-state index < -0.39 is 0 Å². The summed E-state index contributed by atoms with van der Waals surface area (Å²) in [6, 6.07) is 0. The van der Waals surface area contributed by atoms with E-state index in [9.17, 15) is 4.79 Å². The molecule has 1 saturated heterocycles. The van der Waals surface area contributed by atoms with Gasteiger partial charge in [0.25, 0.3) is 5.56 Å². The number of anilines is 1. The van der Waals surface area contributed by atoms with Crippen molar-refractivity contribution in [1.82, 2.24) is 9.97 Å². The molecule has 88 valence electrons. The van der Waals surface area contributed by atoms with E-state index in [1.807, 2.05) is 22.6 Å². The minimum atomic E-state index is -0.0881. The predicted molar refractivity (Wildman–Crippen MR) is 69.6 cm³/mol. The number of aliphatic hydroxyl groups is 1. The quantitative estimate of drug-likeness (QED) is 0.776. The van der Waals surface area contributed by atoms with Gasteiger partial charge in [0.05, 0.1) is 6.33 Å². The van der Waals surface area contributed by atoms with Crippen LogP contribution in [0.5, 0.6) is 0 Å². The van der Waals surface area contributed by atoms with Crippen molar-refractivity contribution in [3.05, 3.63) is 20.3 Å². The third-order valence-electron chi connectivity index (χ3n) is 2.95. The number of halogens is 1. The largest absolute Gasteiger partial charge is 0.396 e. The third-order valence-corrected chi connectivity index (χ3v) is 3.92. The minimum Gasteiger partial charge on any atom is -0.396 e. The summed E-state index contributed by atoms with van der Waals surface area (Å²) < 4.78 is 0.641. The van der Waals surface area contributed by atoms with Gasteiger partial charge >= 0.3 is 0 Å². The SMILES string of the molecule is O=c1[nH]cnc(N2CCC(CO)CC2)c1I. The van der Waals surface area contributed by atoms with Crippen molar-refractivity contribution >= 4 is 28.4 Å². The van der Waals surface area contributed by atoms with Crippen molar-refractivity contribution in [2.45, 2.75) is 12.8 Å². The Bertz CT molecular complexity index is 413. The Morgan fingerprint density at radius 2 is 2.25 bits per heavy atom. The number of aliphatic hydroxyl groups excluding tert-OH is 1. The molecule has 1 aromatic heterocycles. The van der Waals surface area contributed by atoms with Gasteiger partial charge in [-0.15, -0.1) is 0 Å². The van der Waals surface area contributed by atoms with E-state index in [1.54, 1.807) is 0 Å². The number of aromatic amines is 1. The molecule has 1 fully saturated rings. The number of hydrogen-bond acceptors (Lipinski definition) is 4. The fourth-order valence-corrected chi connectivity index (χ4v) is 2.56. The summed E-state index contributed by atoms with van der Waals surface area (Å²) in [5, 5.41) is 9.06. The van der Waals surface area contributed by atoms with Gasteiger partial charge in [0.2, 0.25) is 0 Å². The Balaban J connectivity index is 2.14. The molecule has 0 atom stereocenters. The van der Waals surface area contributed by atoms with Gasteiger partial charge in [-0.25, -0.2) is 4.98 Å². The van der Waals surface area contributed by atoms with Crippen LogP contribution in [0.25, 0.3) is 0 Å². The minimum absolute atomic E-state index is 0.0881. The number of piperidine rings is 1. The normalized spacial score (nSPS) is 17.8. The Hall–Kier alpha value is -0.630. The first-order valence-electron chi connectivity index (χ1n) is 5.31. The molecule has 0 spiro atoms. The average molecular weight is 335 g/mol. The van der Waals surface area contributed by atoms with Crippen LogP contribution in [0.1, 0.15) is 12.8 Å². The summed E-state index contributed by atoms with van der Waals surface area (Å²) in [6.45, 7) is 1.98. The third kappa shape index (κ3) is 2.37. The zero-order valence-corrected chi connectivity index (χ0v) is 11.0. The molecule has 0 amide bonds. The van der Waals surface area contributed by atoms with Gasteiger partial charge in [0.15, 0.2) is 0 Å². The maximum absolute atomic E-state index is 11.4. The first kappa shape index (κ1) is 11.8. The fraction of sp³-hybridized carbons (Fsp3) is 0.600. The average Bonchev–Trinajstić information content (AvgIpc) is 2.33. The van der Waals surface area contributed by atoms with Crippen LogP contribution in [-0.4, -0.2) is 34.8 Å². The first-order chi connectivity index (χ1) is 7.72. The molecule has 0 saturated carbocycles. The van der Waals surface area contributed by atoms with Crippen LogP contribution in [0.15, 0.2) is 11.1 Å². The second-order valence-electron chi connectivity index (χ2n) is 3.98. The number of aromatic nitrogens is 2. The molecule has 1 aromatic rings. The molecule has 0 aromatic carbocycles. The van der Waals surface area contributed by atoms with Crippen LogP contribution in [0.4, 0.5) is 5.82 Å². The molecule has 0 radical (unpaired) electrons. The summed E-state index contributed by atoms with van der Waals surface area (Å²) in [5.41, 5.74) is -0.0881. The van der Waals surface area contributed by atoms with Crippen LogP contribution in [0.3, 0.4) is 0 Å². The van der Waals surface area contributed by atoms with Crippen molar-refractivity contribution in [2.75, 3.05) is 24.6 Å². The van der Waals surface area contributed by atoms with Gasteiger partial charge in [-0.3, -0.25) is 4.79 Å². The number of H-pyrrole nitrogens is 1. The Morgan fingerprint density at radius 1 is 1.56 bits per heavy atom. The van der Waals surface area contributed by atoms with Crippen molar-refractivity contribution in [2.24, 2.45) is 5.92 Å². The van der Waals surface area contributed by atoms with Crippen molar-refractivity contribution in [3.8, 4) is 0 Å². The highest BCUT2D eigenvalue weighted by Gasteiger charge is 2.21. The van der Waals surface area contributed by atoms with Crippen LogP contribution >= 0.6 is 22.6 Å². The zero-order valence-electron chi connectivity index (χ0n) is 8.82. The van der Waals surface area contributed by atoms with Gasteiger partial charge < -0.3 is 15.0 Å². The fourth-order valence-electron chi connectivity index (χ4n) is 1.92. The highest BCUT2D eigenvalue weighted by Crippen LogP contribution is 2.23. The number of nitrogens with one attached hydrogen (secondary N) is 1. The lowest BCUT2D eigenvalue weighted by molar-refractivity contribution is 0.202. The molecule has 6 heteroatoms. The first-order valence-corrected chi connectivity index (χ1v) is 6.39. The van der Waals surface area contributed by atoms with Crippen molar-refractivity contribution < 1.29 is 5.11 Å². The van der Waals surface area contributed by atoms with Gasteiger partial charge in [-0.2, -0.15) is 0 Å². The molecule has 1 aliphatic heterocycles. The van der Waals surface area contributed by atoms with Crippen molar-refractivity contribution in [1.29, 1.82) is 0 Å². The molecule has 5 nitrogen and oxygen atoms in total. The summed E-state index contributed by atoms with van der Waals surface area (Å²) in [6.07, 6.45) is 3.36. The van der Waals surface area contributed by atoms with Crippen LogP contribution < -0.4 is 10.5 Å². The van der Waals surface area contributed by atoms with Crippen LogP contribution in [-0.2, 0) is 0 Å². The lowest BCUT2D eigenvalue weighted by Crippen LogP contribution is -2.36. The van der Waals surface area contributed by atoms with Gasteiger partial charge in [-0.05, 0) is 41.4 Å². The monoisotopic (exact) mass is 335 g/mol. The van der Waals surface area contributed by atoms with Crippen LogP contribution in [0.2, 0.25) is 0 Å². The van der Waals surface area contributed by atoms with E-state index in [4.69, 9.17) is 5.11 Å². The highest BCUT2D eigenvalue weighted by molar-refractivity contribution is 14.1.